The smallest absolute Gasteiger partial charge is 0.419 e. The molecule has 0 radical (unpaired) electrons. The van der Waals surface area contributed by atoms with Crippen molar-refractivity contribution in [1.29, 1.82) is 0 Å². The molecule has 0 heterocycles. The summed E-state index contributed by atoms with van der Waals surface area (Å²) in [6, 6.07) is -0.662. The van der Waals surface area contributed by atoms with E-state index >= 15 is 0 Å². The van der Waals surface area contributed by atoms with Crippen molar-refractivity contribution in [3.8, 4) is 0 Å². The average Bonchev–Trinajstić information content (AvgIpc) is 2.11. The molecule has 0 aliphatic carbocycles. The third-order valence-corrected chi connectivity index (χ3v) is 2.68. The van der Waals surface area contributed by atoms with Crippen molar-refractivity contribution in [3.63, 3.8) is 0 Å². The largest absolute Gasteiger partial charge is 0.467 e. The van der Waals surface area contributed by atoms with E-state index in [1.54, 1.807) is 50.6 Å². The number of amides is 1. The minimum absolute atomic E-state index is 0. The number of hydrogen-bond acceptors (Lipinski definition) is 4. The number of rotatable bonds is 2. The van der Waals surface area contributed by atoms with Gasteiger partial charge in [0.05, 0.1) is 30.0 Å². The molecular weight excluding hydrogens is 378 g/mol. The van der Waals surface area contributed by atoms with Gasteiger partial charge in [0.25, 0.3) is 0 Å². The van der Waals surface area contributed by atoms with Crippen LogP contribution in [0.25, 0.3) is 0 Å². The molecule has 90 valence electrons. The summed E-state index contributed by atoms with van der Waals surface area (Å²) in [5, 5.41) is 0. The SMILES string of the molecule is COC(=O)C(C)N(I)C(=O)OC(C)(C)C.[Zn]. The Morgan fingerprint density at radius 3 is 2.06 bits per heavy atom. The zero-order valence-electron chi connectivity index (χ0n) is 10.2. The molecule has 0 aromatic carbocycles. The van der Waals surface area contributed by atoms with E-state index in [0.29, 0.717) is 0 Å². The zero-order valence-corrected chi connectivity index (χ0v) is 15.4. The third kappa shape index (κ3) is 6.63. The van der Waals surface area contributed by atoms with E-state index in [1.807, 2.05) is 0 Å². The van der Waals surface area contributed by atoms with Gasteiger partial charge in [0.1, 0.15) is 11.6 Å². The van der Waals surface area contributed by atoms with Gasteiger partial charge in [0.2, 0.25) is 0 Å². The van der Waals surface area contributed by atoms with Gasteiger partial charge < -0.3 is 9.47 Å². The van der Waals surface area contributed by atoms with Crippen molar-refractivity contribution in [2.75, 3.05) is 7.11 Å². The summed E-state index contributed by atoms with van der Waals surface area (Å²) in [7, 11) is 1.28. The van der Waals surface area contributed by atoms with E-state index in [-0.39, 0.29) is 19.5 Å². The topological polar surface area (TPSA) is 55.8 Å². The standard InChI is InChI=1S/C9H16INO4.Zn/c1-6(7(12)14-5)11(10)8(13)15-9(2,3)4;/h6H,1-5H3;. The molecule has 0 aliphatic rings. The molecule has 0 aromatic rings. The Balaban J connectivity index is 0. The first-order valence-corrected chi connectivity index (χ1v) is 5.41. The number of methoxy groups -OCH3 is 1. The Bertz CT molecular complexity index is 254. The molecule has 0 saturated carbocycles. The quantitative estimate of drug-likeness (QED) is 0.312. The first kappa shape index (κ1) is 18.5. The minimum Gasteiger partial charge on any atom is -0.467 e. The second kappa shape index (κ2) is 7.43. The molecule has 1 unspecified atom stereocenters. The fourth-order valence-corrected chi connectivity index (χ4v) is 1.05. The van der Waals surface area contributed by atoms with Crippen molar-refractivity contribution >= 4 is 34.9 Å². The van der Waals surface area contributed by atoms with Gasteiger partial charge in [-0.25, -0.2) is 12.7 Å². The number of halogens is 1. The van der Waals surface area contributed by atoms with Crippen LogP contribution in [0.3, 0.4) is 0 Å². The van der Waals surface area contributed by atoms with Crippen LogP contribution in [0.1, 0.15) is 27.7 Å². The summed E-state index contributed by atoms with van der Waals surface area (Å²) in [6.07, 6.45) is -0.555. The monoisotopic (exact) mass is 393 g/mol. The average molecular weight is 395 g/mol. The number of carbonyl (C=O) groups is 2. The van der Waals surface area contributed by atoms with Crippen LogP contribution < -0.4 is 0 Å². The first-order chi connectivity index (χ1) is 6.69. The third-order valence-electron chi connectivity index (χ3n) is 1.45. The van der Waals surface area contributed by atoms with E-state index in [9.17, 15) is 9.59 Å². The van der Waals surface area contributed by atoms with Crippen LogP contribution in [0, 0.1) is 0 Å². The molecule has 7 heteroatoms. The maximum absolute atomic E-state index is 11.5. The number of ether oxygens (including phenoxy) is 2. The molecule has 0 fully saturated rings. The molecule has 0 N–H and O–H groups in total. The molecule has 0 rings (SSSR count). The molecule has 0 aromatic heterocycles. The first-order valence-electron chi connectivity index (χ1n) is 4.45. The zero-order chi connectivity index (χ0) is 12.2. The summed E-state index contributed by atoms with van der Waals surface area (Å²) in [4.78, 5) is 22.7. The van der Waals surface area contributed by atoms with Gasteiger partial charge in [0.15, 0.2) is 0 Å². The van der Waals surface area contributed by atoms with Gasteiger partial charge in [-0.3, -0.25) is 0 Å². The summed E-state index contributed by atoms with van der Waals surface area (Å²) in [5.41, 5.74) is -0.573. The Hall–Kier alpha value is 0.0934. The summed E-state index contributed by atoms with van der Waals surface area (Å²) in [6.45, 7) is 6.86. The van der Waals surface area contributed by atoms with Gasteiger partial charge in [-0.1, -0.05) is 0 Å². The number of esters is 1. The van der Waals surface area contributed by atoms with E-state index in [4.69, 9.17) is 4.74 Å². The summed E-state index contributed by atoms with van der Waals surface area (Å²) >= 11 is 1.73. The van der Waals surface area contributed by atoms with E-state index in [2.05, 4.69) is 4.74 Å². The Morgan fingerprint density at radius 2 is 1.75 bits per heavy atom. The molecule has 0 aliphatic heterocycles. The summed E-state index contributed by atoms with van der Waals surface area (Å²) < 4.78 is 10.8. The Labute approximate surface area is 122 Å². The van der Waals surface area contributed by atoms with Gasteiger partial charge in [-0.15, -0.1) is 0 Å². The van der Waals surface area contributed by atoms with E-state index in [1.165, 1.54) is 10.2 Å². The Kier molecular flexibility index (Phi) is 8.57. The van der Waals surface area contributed by atoms with Gasteiger partial charge in [-0.05, 0) is 27.7 Å². The summed E-state index contributed by atoms with van der Waals surface area (Å²) in [5.74, 6) is -0.477. The molecule has 0 spiro atoms. The Morgan fingerprint density at radius 1 is 1.31 bits per heavy atom. The van der Waals surface area contributed by atoms with Gasteiger partial charge in [0, 0.05) is 19.5 Å². The number of carbonyl (C=O) groups excluding carboxylic acids is 2. The molecule has 0 bridgehead atoms. The van der Waals surface area contributed by atoms with Crippen LogP contribution in [0.2, 0.25) is 0 Å². The second-order valence-corrected chi connectivity index (χ2v) is 5.03. The van der Waals surface area contributed by atoms with Crippen molar-refractivity contribution in [3.05, 3.63) is 0 Å². The van der Waals surface area contributed by atoms with Gasteiger partial charge >= 0.3 is 12.1 Å². The van der Waals surface area contributed by atoms with Gasteiger partial charge in [-0.2, -0.15) is 0 Å². The van der Waals surface area contributed by atoms with Crippen LogP contribution in [-0.2, 0) is 33.7 Å². The second-order valence-electron chi connectivity index (χ2n) is 3.99. The van der Waals surface area contributed by atoms with Crippen LogP contribution >= 0.6 is 22.9 Å². The predicted octanol–water partition coefficient (Wildman–Crippen LogP) is 2.13. The minimum atomic E-state index is -0.662. The van der Waals surface area contributed by atoms with Crippen LogP contribution in [0.4, 0.5) is 4.79 Å². The van der Waals surface area contributed by atoms with E-state index in [0.717, 1.165) is 0 Å². The maximum atomic E-state index is 11.5. The maximum Gasteiger partial charge on any atom is 0.419 e. The number of nitrogens with zero attached hydrogens (tertiary/aromatic N) is 1. The molecule has 16 heavy (non-hydrogen) atoms. The van der Waals surface area contributed by atoms with Crippen LogP contribution in [0.15, 0.2) is 0 Å². The van der Waals surface area contributed by atoms with Crippen LogP contribution in [-0.4, -0.2) is 33.9 Å². The van der Waals surface area contributed by atoms with E-state index < -0.39 is 23.7 Å². The molecule has 5 nitrogen and oxygen atoms in total. The molecule has 0 saturated heterocycles. The molecule has 1 atom stereocenters. The fourth-order valence-electron chi connectivity index (χ4n) is 0.727. The number of hydrogen-bond donors (Lipinski definition) is 0. The van der Waals surface area contributed by atoms with Crippen molar-refractivity contribution in [2.45, 2.75) is 39.3 Å². The normalized spacial score (nSPS) is 12.1. The predicted molar refractivity (Wildman–Crippen MR) is 63.6 cm³/mol. The van der Waals surface area contributed by atoms with Crippen molar-refractivity contribution in [1.82, 2.24) is 3.11 Å². The fraction of sp³-hybridized carbons (Fsp3) is 0.778. The molecule has 1 amide bonds. The van der Waals surface area contributed by atoms with Crippen molar-refractivity contribution in [2.24, 2.45) is 0 Å². The van der Waals surface area contributed by atoms with Crippen LogP contribution in [0.5, 0.6) is 0 Å². The molecular formula is C9H16INO4Zn. The van der Waals surface area contributed by atoms with Crippen molar-refractivity contribution < 1.29 is 38.5 Å².